The molecular weight excluding hydrogens is 176 g/mol. The van der Waals surface area contributed by atoms with Gasteiger partial charge in [0.1, 0.15) is 18.0 Å². The molecule has 0 radical (unpaired) electrons. The van der Waals surface area contributed by atoms with Gasteiger partial charge < -0.3 is 10.2 Å². The Morgan fingerprint density at radius 2 is 2.29 bits per heavy atom. The van der Waals surface area contributed by atoms with Crippen LogP contribution in [0.4, 0.5) is 11.6 Å². The van der Waals surface area contributed by atoms with Crippen LogP contribution in [0, 0.1) is 0 Å². The largest absolute Gasteiger partial charge is 0.370 e. The second-order valence-corrected chi connectivity index (χ2v) is 3.63. The molecule has 1 saturated carbocycles. The van der Waals surface area contributed by atoms with Gasteiger partial charge in [0.15, 0.2) is 0 Å². The van der Waals surface area contributed by atoms with Crippen molar-refractivity contribution < 1.29 is 0 Å². The zero-order chi connectivity index (χ0) is 9.97. The fourth-order valence-corrected chi connectivity index (χ4v) is 1.47. The number of aromatic nitrogens is 2. The van der Waals surface area contributed by atoms with Gasteiger partial charge in [0.25, 0.3) is 0 Å². The van der Waals surface area contributed by atoms with E-state index in [1.54, 1.807) is 6.33 Å². The highest BCUT2D eigenvalue weighted by Gasteiger charge is 2.27. The summed E-state index contributed by atoms with van der Waals surface area (Å²) in [4.78, 5) is 10.6. The lowest BCUT2D eigenvalue weighted by Gasteiger charge is -2.17. The number of hydrogen-bond acceptors (Lipinski definition) is 4. The predicted octanol–water partition coefficient (Wildman–Crippen LogP) is 1.51. The molecule has 0 aromatic carbocycles. The molecule has 0 saturated heterocycles. The van der Waals surface area contributed by atoms with E-state index in [9.17, 15) is 0 Å². The summed E-state index contributed by atoms with van der Waals surface area (Å²) in [6.45, 7) is 2.95. The Bertz CT molecular complexity index is 309. The summed E-state index contributed by atoms with van der Waals surface area (Å²) in [5, 5.41) is 3.18. The number of rotatable bonds is 4. The van der Waals surface area contributed by atoms with Crippen molar-refractivity contribution in [3.8, 4) is 0 Å². The third-order valence-electron chi connectivity index (χ3n) is 2.47. The fourth-order valence-electron chi connectivity index (χ4n) is 1.47. The summed E-state index contributed by atoms with van der Waals surface area (Å²) in [7, 11) is 2.09. The van der Waals surface area contributed by atoms with Crippen LogP contribution in [-0.4, -0.2) is 29.6 Å². The van der Waals surface area contributed by atoms with Crippen molar-refractivity contribution in [1.82, 2.24) is 9.97 Å². The van der Waals surface area contributed by atoms with Gasteiger partial charge in [-0.25, -0.2) is 9.97 Å². The molecule has 14 heavy (non-hydrogen) atoms. The Morgan fingerprint density at radius 3 is 2.93 bits per heavy atom. The molecule has 76 valence electrons. The van der Waals surface area contributed by atoms with Crippen molar-refractivity contribution in [1.29, 1.82) is 0 Å². The predicted molar refractivity (Wildman–Crippen MR) is 57.6 cm³/mol. The fraction of sp³-hybridized carbons (Fsp3) is 0.600. The molecule has 1 heterocycles. The molecule has 1 aliphatic rings. The zero-order valence-corrected chi connectivity index (χ0v) is 8.70. The summed E-state index contributed by atoms with van der Waals surface area (Å²) < 4.78 is 0. The van der Waals surface area contributed by atoms with Crippen molar-refractivity contribution in [3.63, 3.8) is 0 Å². The van der Waals surface area contributed by atoms with Crippen molar-refractivity contribution in [3.05, 3.63) is 12.4 Å². The molecule has 0 spiro atoms. The lowest BCUT2D eigenvalue weighted by Crippen LogP contribution is -2.20. The molecule has 1 aliphatic carbocycles. The third-order valence-corrected chi connectivity index (χ3v) is 2.47. The molecule has 0 aliphatic heterocycles. The summed E-state index contributed by atoms with van der Waals surface area (Å²) in [5.74, 6) is 1.92. The van der Waals surface area contributed by atoms with E-state index in [1.807, 2.05) is 6.07 Å². The van der Waals surface area contributed by atoms with Gasteiger partial charge in [0.05, 0.1) is 0 Å². The van der Waals surface area contributed by atoms with E-state index in [0.717, 1.165) is 18.2 Å². The highest BCUT2D eigenvalue weighted by Crippen LogP contribution is 2.29. The number of nitrogens with zero attached hydrogens (tertiary/aromatic N) is 3. The Kier molecular flexibility index (Phi) is 2.52. The maximum Gasteiger partial charge on any atom is 0.134 e. The summed E-state index contributed by atoms with van der Waals surface area (Å²) in [5.41, 5.74) is 0. The van der Waals surface area contributed by atoms with E-state index in [0.29, 0.717) is 6.04 Å². The minimum Gasteiger partial charge on any atom is -0.370 e. The van der Waals surface area contributed by atoms with E-state index >= 15 is 0 Å². The highest BCUT2D eigenvalue weighted by molar-refractivity contribution is 5.49. The van der Waals surface area contributed by atoms with Gasteiger partial charge >= 0.3 is 0 Å². The van der Waals surface area contributed by atoms with Crippen molar-refractivity contribution in [2.45, 2.75) is 25.8 Å². The van der Waals surface area contributed by atoms with Crippen LogP contribution < -0.4 is 10.2 Å². The second kappa shape index (κ2) is 3.82. The van der Waals surface area contributed by atoms with Crippen LogP contribution in [0.2, 0.25) is 0 Å². The monoisotopic (exact) mass is 192 g/mol. The first kappa shape index (κ1) is 9.24. The van der Waals surface area contributed by atoms with Crippen molar-refractivity contribution in [2.24, 2.45) is 0 Å². The lowest BCUT2D eigenvalue weighted by atomic mass is 10.4. The molecule has 4 heteroatoms. The Hall–Kier alpha value is -1.32. The minimum atomic E-state index is 0.694. The standard InChI is InChI=1S/C10H16N4/c1-3-11-9-6-10(13-7-12-9)14(2)8-4-5-8/h6-8H,3-5H2,1-2H3,(H,11,12,13). The molecule has 0 atom stereocenters. The van der Waals surface area contributed by atoms with Crippen LogP contribution in [0.15, 0.2) is 12.4 Å². The SMILES string of the molecule is CCNc1cc(N(C)C2CC2)ncn1. The van der Waals surface area contributed by atoms with Gasteiger partial charge in [-0.3, -0.25) is 0 Å². The van der Waals surface area contributed by atoms with E-state index in [2.05, 4.69) is 34.2 Å². The summed E-state index contributed by atoms with van der Waals surface area (Å²) in [6.07, 6.45) is 4.19. The first-order valence-electron chi connectivity index (χ1n) is 5.10. The summed E-state index contributed by atoms with van der Waals surface area (Å²) in [6, 6.07) is 2.70. The summed E-state index contributed by atoms with van der Waals surface area (Å²) >= 11 is 0. The average molecular weight is 192 g/mol. The molecular formula is C10H16N4. The van der Waals surface area contributed by atoms with Crippen molar-refractivity contribution >= 4 is 11.6 Å². The number of anilines is 2. The molecule has 1 aromatic rings. The molecule has 4 nitrogen and oxygen atoms in total. The maximum atomic E-state index is 4.26. The lowest BCUT2D eigenvalue weighted by molar-refractivity contribution is 0.885. The third kappa shape index (κ3) is 1.95. The average Bonchev–Trinajstić information content (AvgIpc) is 3.01. The van der Waals surface area contributed by atoms with Crippen LogP contribution in [0.3, 0.4) is 0 Å². The Morgan fingerprint density at radius 1 is 1.50 bits per heavy atom. The van der Waals surface area contributed by atoms with E-state index < -0.39 is 0 Å². The Labute approximate surface area is 84.4 Å². The van der Waals surface area contributed by atoms with E-state index in [1.165, 1.54) is 12.8 Å². The first-order chi connectivity index (χ1) is 6.81. The topological polar surface area (TPSA) is 41.0 Å². The minimum absolute atomic E-state index is 0.694. The van der Waals surface area contributed by atoms with Crippen LogP contribution in [-0.2, 0) is 0 Å². The van der Waals surface area contributed by atoms with E-state index in [-0.39, 0.29) is 0 Å². The van der Waals surface area contributed by atoms with Crippen LogP contribution in [0.5, 0.6) is 0 Å². The van der Waals surface area contributed by atoms with Gasteiger partial charge in [0, 0.05) is 25.7 Å². The van der Waals surface area contributed by atoms with Crippen LogP contribution in [0.1, 0.15) is 19.8 Å². The van der Waals surface area contributed by atoms with Crippen molar-refractivity contribution in [2.75, 3.05) is 23.8 Å². The highest BCUT2D eigenvalue weighted by atomic mass is 15.2. The molecule has 2 rings (SSSR count). The van der Waals surface area contributed by atoms with Crippen LogP contribution in [0.25, 0.3) is 0 Å². The van der Waals surface area contributed by atoms with Gasteiger partial charge in [-0.15, -0.1) is 0 Å². The normalized spacial score (nSPS) is 15.3. The van der Waals surface area contributed by atoms with Crippen LogP contribution >= 0.6 is 0 Å². The molecule has 0 bridgehead atoms. The smallest absolute Gasteiger partial charge is 0.134 e. The van der Waals surface area contributed by atoms with Gasteiger partial charge in [-0.05, 0) is 19.8 Å². The molecule has 1 aromatic heterocycles. The number of nitrogens with one attached hydrogen (secondary N) is 1. The molecule has 0 amide bonds. The molecule has 0 unspecified atom stereocenters. The van der Waals surface area contributed by atoms with Gasteiger partial charge in [-0.2, -0.15) is 0 Å². The molecule has 1 N–H and O–H groups in total. The second-order valence-electron chi connectivity index (χ2n) is 3.63. The van der Waals surface area contributed by atoms with E-state index in [4.69, 9.17) is 0 Å². The number of hydrogen-bond donors (Lipinski definition) is 1. The molecule has 1 fully saturated rings. The zero-order valence-electron chi connectivity index (χ0n) is 8.70. The van der Waals surface area contributed by atoms with Gasteiger partial charge in [-0.1, -0.05) is 0 Å². The quantitative estimate of drug-likeness (QED) is 0.785. The maximum absolute atomic E-state index is 4.26. The first-order valence-corrected chi connectivity index (χ1v) is 5.10. The Balaban J connectivity index is 2.12. The van der Waals surface area contributed by atoms with Gasteiger partial charge in [0.2, 0.25) is 0 Å².